The minimum Gasteiger partial charge on any atom is -0.808 e. The van der Waals surface area contributed by atoms with Crippen LogP contribution in [0, 0.1) is 0 Å². The van der Waals surface area contributed by atoms with E-state index in [0.29, 0.717) is 5.56 Å². The third-order valence-electron chi connectivity index (χ3n) is 4.55. The van der Waals surface area contributed by atoms with Crippen molar-refractivity contribution in [2.24, 2.45) is 0 Å². The third-order valence-corrected chi connectivity index (χ3v) is 8.09. The van der Waals surface area contributed by atoms with Crippen LogP contribution >= 0.6 is 15.2 Å². The number of benzene rings is 3. The lowest BCUT2D eigenvalue weighted by atomic mass is 9.97. The molecule has 0 radical (unpaired) electrons. The van der Waals surface area contributed by atoms with Gasteiger partial charge in [0.1, 0.15) is 5.08 Å². The molecule has 152 valence electrons. The topological polar surface area (TPSA) is 147 Å². The first-order valence-electron chi connectivity index (χ1n) is 8.53. The zero-order chi connectivity index (χ0) is 21.3. The highest BCUT2D eigenvalue weighted by Gasteiger charge is 2.35. The number of rotatable bonds is 6. The van der Waals surface area contributed by atoms with Gasteiger partial charge in [0.15, 0.2) is 0 Å². The molecular weight excluding hydrogens is 414 g/mol. The minimum absolute atomic E-state index is 0.0222. The van der Waals surface area contributed by atoms with Crippen molar-refractivity contribution in [1.29, 1.82) is 0 Å². The van der Waals surface area contributed by atoms with Gasteiger partial charge < -0.3 is 33.8 Å². The maximum Gasteiger partial charge on any atom is 0.121 e. The average molecular weight is 430 g/mol. The second-order valence-corrected chi connectivity index (χ2v) is 10.4. The Morgan fingerprint density at radius 3 is 1.66 bits per heavy atom. The van der Waals surface area contributed by atoms with E-state index in [1.54, 1.807) is 12.1 Å². The van der Waals surface area contributed by atoms with Gasteiger partial charge in [-0.2, -0.15) is 0 Å². The molecule has 3 aromatic carbocycles. The zero-order valence-corrected chi connectivity index (χ0v) is 16.8. The molecule has 0 aromatic heterocycles. The molecule has 3 rings (SSSR count). The lowest BCUT2D eigenvalue weighted by Crippen LogP contribution is -2.47. The van der Waals surface area contributed by atoms with Crippen molar-refractivity contribution in [2.45, 2.75) is 11.5 Å². The van der Waals surface area contributed by atoms with Crippen LogP contribution in [-0.4, -0.2) is 10.2 Å². The molecule has 0 saturated heterocycles. The second-order valence-electron chi connectivity index (χ2n) is 6.59. The van der Waals surface area contributed by atoms with E-state index in [-0.39, 0.29) is 5.56 Å². The largest absolute Gasteiger partial charge is 0.808 e. The second kappa shape index (κ2) is 7.98. The molecule has 0 saturated carbocycles. The molecule has 9 heteroatoms. The van der Waals surface area contributed by atoms with Gasteiger partial charge in [-0.05, 0) is 49.1 Å². The molecule has 1 N–H and O–H groups in total. The number of hydrogen-bond acceptors (Lipinski definition) is 7. The Bertz CT molecular complexity index is 1080. The summed E-state index contributed by atoms with van der Waals surface area (Å²) < 4.78 is 22.6. The van der Waals surface area contributed by atoms with Crippen LogP contribution in [-0.2, 0) is 15.6 Å². The van der Waals surface area contributed by atoms with Gasteiger partial charge in [-0.3, -0.25) is 0 Å². The Kier molecular flexibility index (Phi) is 5.95. The number of aliphatic hydroxyl groups is 1. The summed E-state index contributed by atoms with van der Waals surface area (Å²) in [4.78, 5) is 45.2. The smallest absolute Gasteiger partial charge is 0.121 e. The first kappa shape index (κ1) is 21.6. The van der Waals surface area contributed by atoms with Crippen LogP contribution in [0.25, 0.3) is 22.3 Å². The Morgan fingerprint density at radius 2 is 1.10 bits per heavy atom. The molecule has 7 nitrogen and oxygen atoms in total. The molecule has 0 spiro atoms. The summed E-state index contributed by atoms with van der Waals surface area (Å²) in [6, 6.07) is 23.0. The molecule has 29 heavy (non-hydrogen) atoms. The van der Waals surface area contributed by atoms with Gasteiger partial charge in [0.25, 0.3) is 0 Å². The average Bonchev–Trinajstić information content (AvgIpc) is 2.67. The van der Waals surface area contributed by atoms with E-state index < -0.39 is 26.7 Å². The molecule has 0 heterocycles. The van der Waals surface area contributed by atoms with E-state index in [1.807, 2.05) is 48.5 Å². The van der Waals surface area contributed by atoms with Gasteiger partial charge in [-0.25, -0.2) is 0 Å². The Balaban J connectivity index is 1.99. The zero-order valence-electron chi connectivity index (χ0n) is 15.0. The molecule has 0 fully saturated rings. The SMILES string of the molecule is O=P([O-])([O-])C(O)(Cc1cccc(-c2cccc(-c3ccccc3)c2)c1)P(=O)([O-])[O-]. The summed E-state index contributed by atoms with van der Waals surface area (Å²) in [5, 5.41) is 5.99. The van der Waals surface area contributed by atoms with Crippen molar-refractivity contribution in [2.75, 3.05) is 0 Å². The highest BCUT2D eigenvalue weighted by atomic mass is 31.2. The van der Waals surface area contributed by atoms with Gasteiger partial charge in [0, 0.05) is 6.42 Å². The Morgan fingerprint density at radius 1 is 0.655 bits per heavy atom. The molecule has 0 bridgehead atoms. The van der Waals surface area contributed by atoms with Crippen LogP contribution in [0.4, 0.5) is 0 Å². The lowest BCUT2D eigenvalue weighted by Gasteiger charge is -2.56. The predicted molar refractivity (Wildman–Crippen MR) is 101 cm³/mol. The Hall–Kier alpha value is -2.08. The molecule has 0 unspecified atom stereocenters. The van der Waals surface area contributed by atoms with Gasteiger partial charge >= 0.3 is 0 Å². The summed E-state index contributed by atoms with van der Waals surface area (Å²) in [6.07, 6.45) is -1.15. The first-order valence-corrected chi connectivity index (χ1v) is 11.6. The maximum absolute atomic E-state index is 11.3. The first-order chi connectivity index (χ1) is 13.5. The van der Waals surface area contributed by atoms with Crippen molar-refractivity contribution in [3.05, 3.63) is 84.4 Å². The van der Waals surface area contributed by atoms with E-state index in [1.165, 1.54) is 18.2 Å². The summed E-state index contributed by atoms with van der Waals surface area (Å²) in [7, 11) is -12.3. The molecular formula is C20H16O7P2-4. The Labute approximate surface area is 167 Å². The highest BCUT2D eigenvalue weighted by Crippen LogP contribution is 2.60. The van der Waals surface area contributed by atoms with Gasteiger partial charge in [-0.1, -0.05) is 72.8 Å². The monoisotopic (exact) mass is 430 g/mol. The van der Waals surface area contributed by atoms with E-state index in [0.717, 1.165) is 16.7 Å². The van der Waals surface area contributed by atoms with Crippen molar-refractivity contribution in [3.8, 4) is 22.3 Å². The lowest BCUT2D eigenvalue weighted by molar-refractivity contribution is -0.348. The summed E-state index contributed by atoms with van der Waals surface area (Å²) in [5.41, 5.74) is 3.28. The fraction of sp³-hybridized carbons (Fsp3) is 0.100. The van der Waals surface area contributed by atoms with E-state index >= 15 is 0 Å². The van der Waals surface area contributed by atoms with Crippen molar-refractivity contribution in [3.63, 3.8) is 0 Å². The van der Waals surface area contributed by atoms with Crippen LogP contribution in [0.3, 0.4) is 0 Å². The van der Waals surface area contributed by atoms with E-state index in [4.69, 9.17) is 0 Å². The fourth-order valence-electron chi connectivity index (χ4n) is 2.99. The van der Waals surface area contributed by atoms with Crippen LogP contribution in [0.2, 0.25) is 0 Å². The number of hydrogen-bond donors (Lipinski definition) is 1. The van der Waals surface area contributed by atoms with Crippen LogP contribution in [0.15, 0.2) is 78.9 Å². The van der Waals surface area contributed by atoms with Crippen molar-refractivity contribution < 1.29 is 33.8 Å². The van der Waals surface area contributed by atoms with Gasteiger partial charge in [-0.15, -0.1) is 0 Å². The summed E-state index contributed by atoms with van der Waals surface area (Å²) in [5.74, 6) is 0. The van der Waals surface area contributed by atoms with Crippen molar-refractivity contribution in [1.82, 2.24) is 0 Å². The normalized spacial score (nSPS) is 12.7. The highest BCUT2D eigenvalue weighted by molar-refractivity contribution is 7.69. The van der Waals surface area contributed by atoms with Crippen LogP contribution in [0.1, 0.15) is 5.56 Å². The molecule has 0 aliphatic heterocycles. The summed E-state index contributed by atoms with van der Waals surface area (Å²) in [6.45, 7) is 0. The predicted octanol–water partition coefficient (Wildman–Crippen LogP) is 1.04. The van der Waals surface area contributed by atoms with Crippen LogP contribution in [0.5, 0.6) is 0 Å². The van der Waals surface area contributed by atoms with Gasteiger partial charge in [0.05, 0.1) is 0 Å². The molecule has 0 aliphatic rings. The minimum atomic E-state index is -6.14. The van der Waals surface area contributed by atoms with Crippen LogP contribution < -0.4 is 19.6 Å². The third kappa shape index (κ3) is 4.58. The quantitative estimate of drug-likeness (QED) is 0.575. The van der Waals surface area contributed by atoms with E-state index in [2.05, 4.69) is 0 Å². The molecule has 3 aromatic rings. The molecule has 0 aliphatic carbocycles. The standard InChI is InChI=1S/C20H20O7P2/c21-20(28(22,23)24,29(25,26)27)14-15-6-4-9-17(12-15)19-11-5-10-18(13-19)16-7-2-1-3-8-16/h1-13,21H,14H2,(H2,22,23,24)(H2,25,26,27)/p-4. The van der Waals surface area contributed by atoms with Gasteiger partial charge in [0.2, 0.25) is 0 Å². The van der Waals surface area contributed by atoms with Crippen molar-refractivity contribution >= 4 is 15.2 Å². The fourth-order valence-corrected chi connectivity index (χ4v) is 4.94. The van der Waals surface area contributed by atoms with E-state index in [9.17, 15) is 33.8 Å². The molecule has 0 amide bonds. The maximum atomic E-state index is 11.3. The molecule has 0 atom stereocenters. The summed E-state index contributed by atoms with van der Waals surface area (Å²) >= 11 is 0.